The van der Waals surface area contributed by atoms with Crippen LogP contribution in [0.4, 0.5) is 5.69 Å². The number of nitrogens with one attached hydrogen (secondary N) is 1. The van der Waals surface area contributed by atoms with E-state index in [4.69, 9.17) is 0 Å². The van der Waals surface area contributed by atoms with Gasteiger partial charge in [-0.05, 0) is 42.7 Å². The van der Waals surface area contributed by atoms with Gasteiger partial charge in [-0.1, -0.05) is 29.8 Å². The molecule has 1 atom stereocenters. The van der Waals surface area contributed by atoms with Gasteiger partial charge in [-0.25, -0.2) is 8.42 Å². The second-order valence-corrected chi connectivity index (χ2v) is 8.09. The molecule has 0 aromatic heterocycles. The molecule has 120 valence electrons. The summed E-state index contributed by atoms with van der Waals surface area (Å²) in [4.78, 5) is 11.7. The van der Waals surface area contributed by atoms with Crippen molar-refractivity contribution in [2.45, 2.75) is 31.1 Å². The normalized spacial score (nSPS) is 19.0. The minimum absolute atomic E-state index is 0.0298. The van der Waals surface area contributed by atoms with Gasteiger partial charge < -0.3 is 5.32 Å². The minimum Gasteiger partial charge on any atom is -0.326 e. The van der Waals surface area contributed by atoms with Crippen LogP contribution in [-0.4, -0.2) is 20.1 Å². The average Bonchev–Trinajstić information content (AvgIpc) is 2.46. The molecule has 1 aliphatic heterocycles. The summed E-state index contributed by atoms with van der Waals surface area (Å²) in [5.74, 6) is 0.0599. The van der Waals surface area contributed by atoms with E-state index in [1.807, 2.05) is 43.3 Å². The van der Waals surface area contributed by atoms with E-state index >= 15 is 0 Å². The van der Waals surface area contributed by atoms with Crippen molar-refractivity contribution < 1.29 is 13.2 Å². The number of rotatable bonds is 2. The summed E-state index contributed by atoms with van der Waals surface area (Å²) in [7, 11) is -3.20. The molecule has 0 aliphatic carbocycles. The average molecular weight is 329 g/mol. The number of carbonyl (C=O) groups excluding carboxylic acids is 1. The van der Waals surface area contributed by atoms with Gasteiger partial charge in [0.25, 0.3) is 0 Å². The van der Waals surface area contributed by atoms with Crippen LogP contribution in [0, 0.1) is 6.92 Å². The van der Waals surface area contributed by atoms with E-state index in [9.17, 15) is 13.2 Å². The summed E-state index contributed by atoms with van der Waals surface area (Å²) in [5, 5.41) is 2.78. The molecule has 0 saturated carbocycles. The second kappa shape index (κ2) is 5.81. The van der Waals surface area contributed by atoms with Gasteiger partial charge in [0.15, 0.2) is 9.84 Å². The number of anilines is 1. The Hall–Kier alpha value is -2.14. The predicted octanol–water partition coefficient (Wildman–Crippen LogP) is 3.26. The lowest BCUT2D eigenvalue weighted by molar-refractivity contribution is -0.114. The first-order chi connectivity index (χ1) is 10.9. The molecular formula is C18H19NO3S. The SMILES string of the molecule is CC(=O)Nc1cccc(C2CCS(=O)(=O)c3ccc(C)cc32)c1. The van der Waals surface area contributed by atoms with Gasteiger partial charge in [-0.15, -0.1) is 0 Å². The van der Waals surface area contributed by atoms with Gasteiger partial charge in [0.1, 0.15) is 0 Å². The van der Waals surface area contributed by atoms with Crippen LogP contribution in [0.5, 0.6) is 0 Å². The standard InChI is InChI=1S/C18H19NO3S/c1-12-6-7-18-17(10-12)16(8-9-23(18,21)22)14-4-3-5-15(11-14)19-13(2)20/h3-7,10-11,16H,8-9H2,1-2H3,(H,19,20). The van der Waals surface area contributed by atoms with Gasteiger partial charge in [0.2, 0.25) is 5.91 Å². The number of hydrogen-bond donors (Lipinski definition) is 1. The Morgan fingerprint density at radius 3 is 2.70 bits per heavy atom. The maximum Gasteiger partial charge on any atom is 0.221 e. The summed E-state index contributed by atoms with van der Waals surface area (Å²) in [5.41, 5.74) is 3.66. The van der Waals surface area contributed by atoms with Crippen molar-refractivity contribution in [3.05, 3.63) is 59.2 Å². The van der Waals surface area contributed by atoms with E-state index in [2.05, 4.69) is 5.32 Å². The fourth-order valence-corrected chi connectivity index (χ4v) is 4.75. The first-order valence-corrected chi connectivity index (χ1v) is 9.23. The Morgan fingerprint density at radius 1 is 1.17 bits per heavy atom. The quantitative estimate of drug-likeness (QED) is 0.920. The second-order valence-electron chi connectivity index (χ2n) is 6.01. The topological polar surface area (TPSA) is 63.2 Å². The molecule has 3 rings (SSSR count). The summed E-state index contributed by atoms with van der Waals surface area (Å²) < 4.78 is 24.6. The van der Waals surface area contributed by atoms with E-state index in [1.165, 1.54) is 6.92 Å². The molecule has 1 unspecified atom stereocenters. The van der Waals surface area contributed by atoms with Crippen LogP contribution >= 0.6 is 0 Å². The molecule has 0 radical (unpaired) electrons. The van der Waals surface area contributed by atoms with Crippen molar-refractivity contribution in [1.82, 2.24) is 0 Å². The Balaban J connectivity index is 2.08. The lowest BCUT2D eigenvalue weighted by atomic mass is 9.87. The monoisotopic (exact) mass is 329 g/mol. The van der Waals surface area contributed by atoms with Crippen molar-refractivity contribution >= 4 is 21.4 Å². The van der Waals surface area contributed by atoms with Crippen LogP contribution < -0.4 is 5.32 Å². The minimum atomic E-state index is -3.20. The molecule has 2 aromatic rings. The molecule has 0 bridgehead atoms. The Bertz CT molecular complexity index is 872. The Morgan fingerprint density at radius 2 is 1.96 bits per heavy atom. The maximum atomic E-state index is 12.3. The van der Waals surface area contributed by atoms with Crippen molar-refractivity contribution in [3.63, 3.8) is 0 Å². The first kappa shape index (κ1) is 15.7. The summed E-state index contributed by atoms with van der Waals surface area (Å²) in [6.45, 7) is 3.44. The van der Waals surface area contributed by atoms with Crippen LogP contribution in [0.1, 0.15) is 36.0 Å². The molecule has 1 aliphatic rings. The van der Waals surface area contributed by atoms with E-state index in [1.54, 1.807) is 6.07 Å². The summed E-state index contributed by atoms with van der Waals surface area (Å²) in [6, 6.07) is 13.1. The number of sulfone groups is 1. The third kappa shape index (κ3) is 3.15. The lowest BCUT2D eigenvalue weighted by Gasteiger charge is -2.26. The molecule has 1 amide bonds. The predicted molar refractivity (Wildman–Crippen MR) is 90.4 cm³/mol. The van der Waals surface area contributed by atoms with E-state index < -0.39 is 9.84 Å². The van der Waals surface area contributed by atoms with Crippen LogP contribution in [0.25, 0.3) is 0 Å². The molecule has 0 saturated heterocycles. The van der Waals surface area contributed by atoms with Crippen LogP contribution in [0.2, 0.25) is 0 Å². The number of carbonyl (C=O) groups is 1. The third-order valence-corrected chi connectivity index (χ3v) is 5.98. The number of hydrogen-bond acceptors (Lipinski definition) is 3. The molecule has 1 heterocycles. The largest absolute Gasteiger partial charge is 0.326 e. The van der Waals surface area contributed by atoms with Crippen molar-refractivity contribution in [2.24, 2.45) is 0 Å². The molecule has 5 heteroatoms. The highest BCUT2D eigenvalue weighted by molar-refractivity contribution is 7.91. The van der Waals surface area contributed by atoms with Crippen LogP contribution in [0.15, 0.2) is 47.4 Å². The molecule has 4 nitrogen and oxygen atoms in total. The lowest BCUT2D eigenvalue weighted by Crippen LogP contribution is -2.21. The Kier molecular flexibility index (Phi) is 3.98. The van der Waals surface area contributed by atoms with Gasteiger partial charge >= 0.3 is 0 Å². The molecule has 0 fully saturated rings. The van der Waals surface area contributed by atoms with Crippen molar-refractivity contribution in [1.29, 1.82) is 0 Å². The Labute approximate surface area is 136 Å². The van der Waals surface area contributed by atoms with Gasteiger partial charge in [0.05, 0.1) is 10.6 Å². The van der Waals surface area contributed by atoms with E-state index in [0.29, 0.717) is 11.3 Å². The summed E-state index contributed by atoms with van der Waals surface area (Å²) in [6.07, 6.45) is 0.558. The van der Waals surface area contributed by atoms with E-state index in [-0.39, 0.29) is 17.6 Å². The number of fused-ring (bicyclic) bond motifs is 1. The van der Waals surface area contributed by atoms with Gasteiger partial charge in [-0.2, -0.15) is 0 Å². The van der Waals surface area contributed by atoms with Gasteiger partial charge in [-0.3, -0.25) is 4.79 Å². The van der Waals surface area contributed by atoms with Crippen LogP contribution in [-0.2, 0) is 14.6 Å². The van der Waals surface area contributed by atoms with Crippen molar-refractivity contribution in [3.8, 4) is 0 Å². The first-order valence-electron chi connectivity index (χ1n) is 7.58. The smallest absolute Gasteiger partial charge is 0.221 e. The van der Waals surface area contributed by atoms with Crippen molar-refractivity contribution in [2.75, 3.05) is 11.1 Å². The highest BCUT2D eigenvalue weighted by atomic mass is 32.2. The molecule has 2 aromatic carbocycles. The fraction of sp³-hybridized carbons (Fsp3) is 0.278. The highest BCUT2D eigenvalue weighted by Crippen LogP contribution is 2.39. The third-order valence-electron chi connectivity index (χ3n) is 4.16. The van der Waals surface area contributed by atoms with E-state index in [0.717, 1.165) is 22.4 Å². The number of aryl methyl sites for hydroxylation is 1. The van der Waals surface area contributed by atoms with Crippen LogP contribution in [0.3, 0.4) is 0 Å². The zero-order chi connectivity index (χ0) is 16.6. The zero-order valence-corrected chi connectivity index (χ0v) is 14.0. The number of amides is 1. The fourth-order valence-electron chi connectivity index (χ4n) is 3.14. The van der Waals surface area contributed by atoms with Gasteiger partial charge in [0, 0.05) is 18.5 Å². The molecular weight excluding hydrogens is 310 g/mol. The highest BCUT2D eigenvalue weighted by Gasteiger charge is 2.31. The molecule has 1 N–H and O–H groups in total. The maximum absolute atomic E-state index is 12.3. The number of benzene rings is 2. The zero-order valence-electron chi connectivity index (χ0n) is 13.2. The molecule has 0 spiro atoms. The molecule has 23 heavy (non-hydrogen) atoms. The summed E-state index contributed by atoms with van der Waals surface area (Å²) >= 11 is 0.